The second-order valence-corrected chi connectivity index (χ2v) is 6.49. The summed E-state index contributed by atoms with van der Waals surface area (Å²) in [7, 11) is 0. The van der Waals surface area contributed by atoms with Crippen molar-refractivity contribution >= 4 is 36.0 Å². The normalized spacial score (nSPS) is 14.7. The Bertz CT molecular complexity index is 909. The molecule has 0 spiro atoms. The number of carbonyl (C=O) groups excluding carboxylic acids is 2. The number of benzene rings is 2. The first-order chi connectivity index (χ1) is 13.5. The number of nitrogens with two attached hydrogens (primary N) is 2. The average Bonchev–Trinajstić information content (AvgIpc) is 2.68. The lowest BCUT2D eigenvalue weighted by Crippen LogP contribution is -2.24. The number of carbonyl (C=O) groups is 2. The van der Waals surface area contributed by atoms with Crippen LogP contribution in [-0.4, -0.2) is 24.5 Å². The number of esters is 2. The van der Waals surface area contributed by atoms with E-state index in [0.29, 0.717) is 30.0 Å². The molecule has 1 unspecified atom stereocenters. The first-order valence-corrected chi connectivity index (χ1v) is 9.20. The van der Waals surface area contributed by atoms with Crippen LogP contribution in [0.3, 0.4) is 0 Å². The van der Waals surface area contributed by atoms with Crippen LogP contribution in [0.25, 0.3) is 0 Å². The van der Waals surface area contributed by atoms with Crippen molar-refractivity contribution in [3.63, 3.8) is 0 Å². The predicted octanol–water partition coefficient (Wildman–Crippen LogP) is 3.22. The summed E-state index contributed by atoms with van der Waals surface area (Å²) in [6.07, 6.45) is 2.34. The maximum atomic E-state index is 12.8. The summed E-state index contributed by atoms with van der Waals surface area (Å²) in [6, 6.07) is 11.9. The van der Waals surface area contributed by atoms with E-state index < -0.39 is 5.97 Å². The number of halogens is 1. The van der Waals surface area contributed by atoms with Crippen molar-refractivity contribution in [3.05, 3.63) is 59.2 Å². The molecule has 0 saturated heterocycles. The lowest BCUT2D eigenvalue weighted by molar-refractivity contribution is -0.136. The lowest BCUT2D eigenvalue weighted by Gasteiger charge is -2.25. The molecule has 0 bridgehead atoms. The maximum Gasteiger partial charge on any atom is 0.338 e. The molecule has 3 rings (SSSR count). The highest BCUT2D eigenvalue weighted by Gasteiger charge is 2.29. The molecule has 0 radical (unpaired) electrons. The summed E-state index contributed by atoms with van der Waals surface area (Å²) < 4.78 is 10.5. The SMILES string of the molecule is CCOC(=O)c1ccc(OC(=O)C2CCCc3c(N=C(N)N)cccc32)cc1.Cl. The van der Waals surface area contributed by atoms with E-state index in [4.69, 9.17) is 20.9 Å². The van der Waals surface area contributed by atoms with Crippen LogP contribution in [0.4, 0.5) is 5.69 Å². The maximum absolute atomic E-state index is 12.8. The largest absolute Gasteiger partial charge is 0.462 e. The second-order valence-electron chi connectivity index (χ2n) is 6.49. The molecule has 2 aromatic carbocycles. The Hall–Kier alpha value is -3.06. The topological polar surface area (TPSA) is 117 Å². The Morgan fingerprint density at radius 1 is 1.14 bits per heavy atom. The zero-order valence-electron chi connectivity index (χ0n) is 16.1. The average molecular weight is 418 g/mol. The smallest absolute Gasteiger partial charge is 0.338 e. The molecule has 4 N–H and O–H groups in total. The Balaban J connectivity index is 0.00000300. The van der Waals surface area contributed by atoms with Gasteiger partial charge in [0.2, 0.25) is 0 Å². The van der Waals surface area contributed by atoms with E-state index in [-0.39, 0.29) is 30.3 Å². The number of ether oxygens (including phenoxy) is 2. The Morgan fingerprint density at radius 2 is 1.86 bits per heavy atom. The molecule has 1 aliphatic rings. The van der Waals surface area contributed by atoms with Crippen molar-refractivity contribution < 1.29 is 19.1 Å². The van der Waals surface area contributed by atoms with E-state index in [1.807, 2.05) is 18.2 Å². The van der Waals surface area contributed by atoms with Gasteiger partial charge in [-0.15, -0.1) is 12.4 Å². The number of fused-ring (bicyclic) bond motifs is 1. The van der Waals surface area contributed by atoms with Crippen LogP contribution in [0.1, 0.15) is 47.2 Å². The highest BCUT2D eigenvalue weighted by molar-refractivity contribution is 5.89. The third-order valence-electron chi connectivity index (χ3n) is 4.60. The van der Waals surface area contributed by atoms with Crippen molar-refractivity contribution in [2.75, 3.05) is 6.61 Å². The number of aliphatic imine (C=N–C) groups is 1. The van der Waals surface area contributed by atoms with E-state index >= 15 is 0 Å². The van der Waals surface area contributed by atoms with Gasteiger partial charge >= 0.3 is 11.9 Å². The fourth-order valence-corrected chi connectivity index (χ4v) is 3.38. The Morgan fingerprint density at radius 3 is 2.52 bits per heavy atom. The van der Waals surface area contributed by atoms with Gasteiger partial charge in [-0.25, -0.2) is 9.79 Å². The predicted molar refractivity (Wildman–Crippen MR) is 113 cm³/mol. The second kappa shape index (κ2) is 9.93. The van der Waals surface area contributed by atoms with Gasteiger partial charge in [0.1, 0.15) is 5.75 Å². The molecule has 1 aliphatic carbocycles. The summed E-state index contributed by atoms with van der Waals surface area (Å²) in [5, 5.41) is 0. The van der Waals surface area contributed by atoms with E-state index in [1.165, 1.54) is 0 Å². The van der Waals surface area contributed by atoms with E-state index in [0.717, 1.165) is 24.0 Å². The van der Waals surface area contributed by atoms with Gasteiger partial charge in [-0.05, 0) is 67.6 Å². The third-order valence-corrected chi connectivity index (χ3v) is 4.60. The van der Waals surface area contributed by atoms with Crippen molar-refractivity contribution in [2.45, 2.75) is 32.1 Å². The molecule has 1 atom stereocenters. The van der Waals surface area contributed by atoms with Crippen LogP contribution < -0.4 is 16.2 Å². The van der Waals surface area contributed by atoms with Gasteiger partial charge in [0.25, 0.3) is 0 Å². The lowest BCUT2D eigenvalue weighted by atomic mass is 9.82. The summed E-state index contributed by atoms with van der Waals surface area (Å²) >= 11 is 0. The Kier molecular flexibility index (Phi) is 7.61. The van der Waals surface area contributed by atoms with Crippen LogP contribution in [0, 0.1) is 0 Å². The van der Waals surface area contributed by atoms with E-state index in [1.54, 1.807) is 31.2 Å². The van der Waals surface area contributed by atoms with Gasteiger partial charge in [-0.1, -0.05) is 12.1 Å². The van der Waals surface area contributed by atoms with Crippen LogP contribution >= 0.6 is 12.4 Å². The number of rotatable bonds is 5. The molecular weight excluding hydrogens is 394 g/mol. The summed E-state index contributed by atoms with van der Waals surface area (Å²) in [5.41, 5.74) is 14.0. The number of nitrogens with zero attached hydrogens (tertiary/aromatic N) is 1. The molecule has 0 heterocycles. The monoisotopic (exact) mass is 417 g/mol. The Labute approximate surface area is 175 Å². The molecule has 0 aromatic heterocycles. The zero-order valence-corrected chi connectivity index (χ0v) is 16.9. The molecule has 0 saturated carbocycles. The van der Waals surface area contributed by atoms with Gasteiger partial charge in [-0.2, -0.15) is 0 Å². The highest BCUT2D eigenvalue weighted by atomic mass is 35.5. The molecule has 0 amide bonds. The van der Waals surface area contributed by atoms with Crippen molar-refractivity contribution in [1.29, 1.82) is 0 Å². The number of guanidine groups is 1. The molecule has 0 fully saturated rings. The number of hydrogen-bond acceptors (Lipinski definition) is 5. The molecule has 29 heavy (non-hydrogen) atoms. The molecule has 7 nitrogen and oxygen atoms in total. The first-order valence-electron chi connectivity index (χ1n) is 9.20. The highest BCUT2D eigenvalue weighted by Crippen LogP contribution is 2.37. The molecule has 154 valence electrons. The van der Waals surface area contributed by atoms with Gasteiger partial charge in [0, 0.05) is 0 Å². The molecule has 0 aliphatic heterocycles. The van der Waals surface area contributed by atoms with Crippen LogP contribution in [0.5, 0.6) is 5.75 Å². The quantitative estimate of drug-likeness (QED) is 0.334. The van der Waals surface area contributed by atoms with Gasteiger partial charge in [0.05, 0.1) is 23.8 Å². The summed E-state index contributed by atoms with van der Waals surface area (Å²) in [6.45, 7) is 2.05. The van der Waals surface area contributed by atoms with Crippen molar-refractivity contribution in [3.8, 4) is 5.75 Å². The molecule has 2 aromatic rings. The van der Waals surface area contributed by atoms with Crippen LogP contribution in [-0.2, 0) is 16.0 Å². The molecule has 8 heteroatoms. The van der Waals surface area contributed by atoms with Gasteiger partial charge in [0.15, 0.2) is 5.96 Å². The first kappa shape index (κ1) is 22.2. The zero-order chi connectivity index (χ0) is 20.1. The molecular formula is C21H24ClN3O4. The minimum atomic E-state index is -0.408. The van der Waals surface area contributed by atoms with Crippen molar-refractivity contribution in [1.82, 2.24) is 0 Å². The minimum Gasteiger partial charge on any atom is -0.462 e. The van der Waals surface area contributed by atoms with Crippen molar-refractivity contribution in [2.24, 2.45) is 16.5 Å². The summed E-state index contributed by atoms with van der Waals surface area (Å²) in [4.78, 5) is 28.7. The fraction of sp³-hybridized carbons (Fsp3) is 0.286. The van der Waals surface area contributed by atoms with Gasteiger partial charge < -0.3 is 20.9 Å². The van der Waals surface area contributed by atoms with Gasteiger partial charge in [-0.3, -0.25) is 4.79 Å². The third kappa shape index (κ3) is 5.26. The fourth-order valence-electron chi connectivity index (χ4n) is 3.38. The van der Waals surface area contributed by atoms with Crippen LogP contribution in [0.2, 0.25) is 0 Å². The van der Waals surface area contributed by atoms with Crippen LogP contribution in [0.15, 0.2) is 47.5 Å². The van der Waals surface area contributed by atoms with E-state index in [2.05, 4.69) is 4.99 Å². The standard InChI is InChI=1S/C21H23N3O4.ClH/c1-2-27-19(25)13-9-11-14(12-10-13)28-20(26)17-7-3-6-16-15(17)5-4-8-18(16)24-21(22)23;/h4-5,8-12,17H,2-3,6-7H2,1H3,(H4,22,23,24);1H. The summed E-state index contributed by atoms with van der Waals surface area (Å²) in [5.74, 6) is -0.770. The van der Waals surface area contributed by atoms with E-state index in [9.17, 15) is 9.59 Å². The number of hydrogen-bond donors (Lipinski definition) is 2. The minimum absolute atomic E-state index is 0.